The number of amides is 1. The summed E-state index contributed by atoms with van der Waals surface area (Å²) in [6, 6.07) is 11.5. The van der Waals surface area contributed by atoms with E-state index in [2.05, 4.69) is 5.32 Å². The molecule has 150 valence electrons. The molecule has 0 bridgehead atoms. The number of anilines is 2. The minimum absolute atomic E-state index is 0.0478. The third-order valence-electron chi connectivity index (χ3n) is 3.98. The van der Waals surface area contributed by atoms with Crippen molar-refractivity contribution < 1.29 is 22.7 Å². The van der Waals surface area contributed by atoms with Crippen molar-refractivity contribution in [1.29, 1.82) is 0 Å². The summed E-state index contributed by atoms with van der Waals surface area (Å²) in [6.07, 6.45) is 0.118. The number of rotatable bonds is 5. The van der Waals surface area contributed by atoms with Gasteiger partial charge in [-0.25, -0.2) is 8.42 Å². The van der Waals surface area contributed by atoms with Gasteiger partial charge in [0.15, 0.2) is 6.10 Å². The zero-order valence-electron chi connectivity index (χ0n) is 15.7. The van der Waals surface area contributed by atoms with E-state index in [4.69, 9.17) is 21.1 Å². The zero-order valence-corrected chi connectivity index (χ0v) is 17.3. The van der Waals surface area contributed by atoms with E-state index in [0.717, 1.165) is 10.6 Å². The summed E-state index contributed by atoms with van der Waals surface area (Å²) in [5, 5.41) is 3.12. The molecule has 1 aliphatic rings. The van der Waals surface area contributed by atoms with Gasteiger partial charge >= 0.3 is 0 Å². The molecule has 28 heavy (non-hydrogen) atoms. The number of carbonyl (C=O) groups excluding carboxylic acids is 1. The lowest BCUT2D eigenvalue weighted by molar-refractivity contribution is -0.122. The molecule has 9 heteroatoms. The first-order valence-corrected chi connectivity index (χ1v) is 10.9. The molecule has 1 atom stereocenters. The number of carbonyl (C=O) groups is 1. The normalized spacial score (nSPS) is 16.3. The van der Waals surface area contributed by atoms with Gasteiger partial charge in [-0.3, -0.25) is 9.10 Å². The van der Waals surface area contributed by atoms with Crippen LogP contribution in [-0.2, 0) is 14.8 Å². The van der Waals surface area contributed by atoms with Crippen molar-refractivity contribution in [2.45, 2.75) is 26.1 Å². The fraction of sp³-hybridized carbons (Fsp3) is 0.316. The van der Waals surface area contributed by atoms with E-state index in [-0.39, 0.29) is 18.4 Å². The monoisotopic (exact) mass is 424 g/mol. The standard InChI is InChI=1S/C19H21ClN2O5S/c1-12(2)26-15-7-5-14(6-8-15)21-19(23)18-11-22(28(3,24)25)16-10-13(20)4-9-17(16)27-18/h4-10,12,18H,11H2,1-3H3,(H,21,23)/t18-/m0/s1. The Labute approximate surface area is 169 Å². The molecule has 0 radical (unpaired) electrons. The molecule has 0 saturated carbocycles. The largest absolute Gasteiger partial charge is 0.491 e. The van der Waals surface area contributed by atoms with Crippen LogP contribution in [0.2, 0.25) is 5.02 Å². The summed E-state index contributed by atoms with van der Waals surface area (Å²) in [7, 11) is -3.61. The Morgan fingerprint density at radius 1 is 1.25 bits per heavy atom. The lowest BCUT2D eigenvalue weighted by Crippen LogP contribution is -2.48. The third-order valence-corrected chi connectivity index (χ3v) is 5.36. The molecule has 0 fully saturated rings. The number of hydrogen-bond donors (Lipinski definition) is 1. The lowest BCUT2D eigenvalue weighted by atomic mass is 10.2. The molecule has 0 aromatic heterocycles. The minimum atomic E-state index is -3.61. The smallest absolute Gasteiger partial charge is 0.267 e. The van der Waals surface area contributed by atoms with Crippen LogP contribution >= 0.6 is 11.6 Å². The Kier molecular flexibility index (Phi) is 5.71. The molecule has 0 aliphatic carbocycles. The Morgan fingerprint density at radius 3 is 2.54 bits per heavy atom. The van der Waals surface area contributed by atoms with Crippen LogP contribution in [0.1, 0.15) is 13.8 Å². The van der Waals surface area contributed by atoms with Gasteiger partial charge in [0.25, 0.3) is 5.91 Å². The highest BCUT2D eigenvalue weighted by atomic mass is 35.5. The second-order valence-corrected chi connectivity index (χ2v) is 9.04. The zero-order chi connectivity index (χ0) is 20.5. The molecular formula is C19H21ClN2O5S. The van der Waals surface area contributed by atoms with E-state index in [9.17, 15) is 13.2 Å². The van der Waals surface area contributed by atoms with Crippen LogP contribution in [0.4, 0.5) is 11.4 Å². The van der Waals surface area contributed by atoms with Crippen LogP contribution in [0, 0.1) is 0 Å². The van der Waals surface area contributed by atoms with Crippen LogP contribution in [0.3, 0.4) is 0 Å². The second-order valence-electron chi connectivity index (χ2n) is 6.69. The van der Waals surface area contributed by atoms with E-state index in [1.165, 1.54) is 6.07 Å². The first-order chi connectivity index (χ1) is 13.1. The van der Waals surface area contributed by atoms with Gasteiger partial charge in [0.2, 0.25) is 10.0 Å². The Hall–Kier alpha value is -2.45. The van der Waals surface area contributed by atoms with Gasteiger partial charge in [-0.2, -0.15) is 0 Å². The molecule has 0 spiro atoms. The first kappa shape index (κ1) is 20.3. The van der Waals surface area contributed by atoms with Crippen molar-refractivity contribution in [3.63, 3.8) is 0 Å². The first-order valence-electron chi connectivity index (χ1n) is 8.65. The molecular weight excluding hydrogens is 404 g/mol. The van der Waals surface area contributed by atoms with E-state index >= 15 is 0 Å². The van der Waals surface area contributed by atoms with E-state index in [1.54, 1.807) is 36.4 Å². The van der Waals surface area contributed by atoms with Crippen LogP contribution < -0.4 is 19.1 Å². The summed E-state index contributed by atoms with van der Waals surface area (Å²) in [6.45, 7) is 3.70. The number of ether oxygens (including phenoxy) is 2. The molecule has 0 saturated heterocycles. The predicted molar refractivity (Wildman–Crippen MR) is 109 cm³/mol. The molecule has 0 unspecified atom stereocenters. The van der Waals surface area contributed by atoms with Crippen molar-refractivity contribution in [3.8, 4) is 11.5 Å². The van der Waals surface area contributed by atoms with Crippen LogP contribution in [-0.4, -0.2) is 39.3 Å². The molecule has 7 nitrogen and oxygen atoms in total. The minimum Gasteiger partial charge on any atom is -0.491 e. The fourth-order valence-corrected chi connectivity index (χ4v) is 3.86. The molecule has 1 aliphatic heterocycles. The maximum Gasteiger partial charge on any atom is 0.267 e. The molecule has 2 aromatic carbocycles. The predicted octanol–water partition coefficient (Wildman–Crippen LogP) is 3.29. The van der Waals surface area contributed by atoms with Crippen molar-refractivity contribution in [2.24, 2.45) is 0 Å². The summed E-state index contributed by atoms with van der Waals surface area (Å²) in [4.78, 5) is 12.7. The number of halogens is 1. The van der Waals surface area contributed by atoms with Gasteiger partial charge in [0.05, 0.1) is 24.6 Å². The third kappa shape index (κ3) is 4.69. The highest BCUT2D eigenvalue weighted by Gasteiger charge is 2.35. The molecule has 2 aromatic rings. The fourth-order valence-electron chi connectivity index (χ4n) is 2.79. The van der Waals surface area contributed by atoms with Crippen molar-refractivity contribution >= 4 is 38.9 Å². The molecule has 1 heterocycles. The van der Waals surface area contributed by atoms with Crippen LogP contribution in [0.25, 0.3) is 0 Å². The Balaban J connectivity index is 1.78. The summed E-state index contributed by atoms with van der Waals surface area (Å²) >= 11 is 5.98. The highest BCUT2D eigenvalue weighted by Crippen LogP contribution is 2.37. The average Bonchev–Trinajstić information content (AvgIpc) is 2.61. The maximum atomic E-state index is 12.7. The van der Waals surface area contributed by atoms with Gasteiger partial charge in [0, 0.05) is 10.7 Å². The number of nitrogens with one attached hydrogen (secondary N) is 1. The average molecular weight is 425 g/mol. The molecule has 1 amide bonds. The van der Waals surface area contributed by atoms with E-state index in [0.29, 0.717) is 22.1 Å². The number of nitrogens with zero attached hydrogens (tertiary/aromatic N) is 1. The Bertz CT molecular complexity index is 976. The second kappa shape index (κ2) is 7.89. The summed E-state index contributed by atoms with van der Waals surface area (Å²) < 4.78 is 36.8. The summed E-state index contributed by atoms with van der Waals surface area (Å²) in [5.74, 6) is 0.518. The topological polar surface area (TPSA) is 84.9 Å². The number of benzene rings is 2. The van der Waals surface area contributed by atoms with E-state index in [1.807, 2.05) is 13.8 Å². The van der Waals surface area contributed by atoms with Gasteiger partial charge in [-0.1, -0.05) is 11.6 Å². The van der Waals surface area contributed by atoms with Gasteiger partial charge in [-0.05, 0) is 56.3 Å². The van der Waals surface area contributed by atoms with Crippen molar-refractivity contribution in [3.05, 3.63) is 47.5 Å². The number of hydrogen-bond acceptors (Lipinski definition) is 5. The SMILES string of the molecule is CC(C)Oc1ccc(NC(=O)[C@@H]2CN(S(C)(=O)=O)c3cc(Cl)ccc3O2)cc1. The van der Waals surface area contributed by atoms with Crippen molar-refractivity contribution in [1.82, 2.24) is 0 Å². The van der Waals surface area contributed by atoms with E-state index < -0.39 is 22.0 Å². The van der Waals surface area contributed by atoms with Gasteiger partial charge in [-0.15, -0.1) is 0 Å². The van der Waals surface area contributed by atoms with Crippen LogP contribution in [0.5, 0.6) is 11.5 Å². The highest BCUT2D eigenvalue weighted by molar-refractivity contribution is 7.92. The van der Waals surface area contributed by atoms with Crippen LogP contribution in [0.15, 0.2) is 42.5 Å². The molecule has 3 rings (SSSR count). The summed E-state index contributed by atoms with van der Waals surface area (Å²) in [5.41, 5.74) is 0.867. The Morgan fingerprint density at radius 2 is 1.93 bits per heavy atom. The number of sulfonamides is 1. The van der Waals surface area contributed by atoms with Gasteiger partial charge in [0.1, 0.15) is 11.5 Å². The lowest BCUT2D eigenvalue weighted by Gasteiger charge is -2.34. The van der Waals surface area contributed by atoms with Gasteiger partial charge < -0.3 is 14.8 Å². The van der Waals surface area contributed by atoms with Crippen molar-refractivity contribution in [2.75, 3.05) is 22.4 Å². The number of fused-ring (bicyclic) bond motifs is 1. The quantitative estimate of drug-likeness (QED) is 0.796. The maximum absolute atomic E-state index is 12.7. The molecule has 1 N–H and O–H groups in total.